The summed E-state index contributed by atoms with van der Waals surface area (Å²) in [6.07, 6.45) is 1.22. The van der Waals surface area contributed by atoms with Crippen molar-refractivity contribution in [2.45, 2.75) is 33.6 Å². The van der Waals surface area contributed by atoms with Gasteiger partial charge in [0.15, 0.2) is 5.78 Å². The summed E-state index contributed by atoms with van der Waals surface area (Å²) < 4.78 is 5.50. The summed E-state index contributed by atoms with van der Waals surface area (Å²) in [6, 6.07) is 13.2. The number of nitrogens with one attached hydrogen (secondary N) is 2. The molecule has 3 aromatic rings. The number of rotatable bonds is 6. The molecule has 2 aromatic carbocycles. The third-order valence-electron chi connectivity index (χ3n) is 5.28. The number of nitrogens with zero attached hydrogens (tertiary/aromatic N) is 2. The first-order valence-electron chi connectivity index (χ1n) is 10.4. The minimum Gasteiger partial charge on any atom is -0.494 e. The average Bonchev–Trinajstić information content (AvgIpc) is 2.72. The Morgan fingerprint density at radius 3 is 2.61 bits per heavy atom. The highest BCUT2D eigenvalue weighted by Gasteiger charge is 2.28. The summed E-state index contributed by atoms with van der Waals surface area (Å²) in [5.74, 6) is 2.04. The third kappa shape index (κ3) is 4.64. The Morgan fingerprint density at radius 2 is 1.87 bits per heavy atom. The number of ether oxygens (including phenoxy) is 1. The number of carbonyl (C=O) groups excluding carboxylic acids is 1. The Balaban J connectivity index is 1.71. The molecule has 0 saturated carbocycles. The molecule has 1 atom stereocenters. The van der Waals surface area contributed by atoms with Gasteiger partial charge >= 0.3 is 0 Å². The van der Waals surface area contributed by atoms with Gasteiger partial charge in [-0.3, -0.25) is 4.79 Å². The van der Waals surface area contributed by atoms with Crippen molar-refractivity contribution in [3.8, 4) is 5.75 Å². The van der Waals surface area contributed by atoms with E-state index in [1.54, 1.807) is 0 Å². The maximum atomic E-state index is 12.8. The molecule has 4 rings (SSSR count). The second-order valence-electron chi connectivity index (χ2n) is 7.77. The predicted octanol–water partition coefficient (Wildman–Crippen LogP) is 6.09. The Bertz CT molecular complexity index is 1120. The third-order valence-corrected chi connectivity index (χ3v) is 5.69. The van der Waals surface area contributed by atoms with Gasteiger partial charge < -0.3 is 15.4 Å². The van der Waals surface area contributed by atoms with Crippen LogP contribution in [0, 0.1) is 12.8 Å². The lowest BCUT2D eigenvalue weighted by Crippen LogP contribution is -2.22. The van der Waals surface area contributed by atoms with Gasteiger partial charge in [-0.1, -0.05) is 24.6 Å². The quantitative estimate of drug-likeness (QED) is 0.487. The highest BCUT2D eigenvalue weighted by atomic mass is 35.5. The fraction of sp³-hybridized carbons (Fsp3) is 0.292. The monoisotopic (exact) mass is 436 g/mol. The predicted molar refractivity (Wildman–Crippen MR) is 124 cm³/mol. The molecule has 7 heteroatoms. The normalized spacial score (nSPS) is 15.4. The molecule has 0 radical (unpaired) electrons. The van der Waals surface area contributed by atoms with Crippen LogP contribution in [-0.2, 0) is 6.42 Å². The molecule has 1 heterocycles. The zero-order valence-corrected chi connectivity index (χ0v) is 18.6. The van der Waals surface area contributed by atoms with Crippen molar-refractivity contribution >= 4 is 40.5 Å². The zero-order valence-electron chi connectivity index (χ0n) is 17.8. The number of aromatic nitrogens is 2. The van der Waals surface area contributed by atoms with E-state index < -0.39 is 0 Å². The largest absolute Gasteiger partial charge is 0.494 e. The van der Waals surface area contributed by atoms with Crippen LogP contribution in [0.2, 0.25) is 5.02 Å². The molecule has 2 N–H and O–H groups in total. The number of ketones is 1. The van der Waals surface area contributed by atoms with Gasteiger partial charge in [-0.05, 0) is 68.1 Å². The summed E-state index contributed by atoms with van der Waals surface area (Å²) >= 11 is 6.28. The minimum absolute atomic E-state index is 0.0588. The fourth-order valence-electron chi connectivity index (χ4n) is 3.72. The van der Waals surface area contributed by atoms with E-state index in [0.717, 1.165) is 34.8 Å². The highest BCUT2D eigenvalue weighted by Crippen LogP contribution is 2.33. The van der Waals surface area contributed by atoms with Crippen molar-refractivity contribution in [2.24, 2.45) is 5.92 Å². The van der Waals surface area contributed by atoms with Gasteiger partial charge in [0.25, 0.3) is 0 Å². The molecule has 1 aliphatic rings. The molecule has 0 bridgehead atoms. The maximum Gasteiger partial charge on any atom is 0.229 e. The minimum atomic E-state index is 0.0588. The van der Waals surface area contributed by atoms with Crippen LogP contribution in [0.3, 0.4) is 0 Å². The van der Waals surface area contributed by atoms with E-state index in [2.05, 4.69) is 27.5 Å². The van der Waals surface area contributed by atoms with Gasteiger partial charge in [-0.2, -0.15) is 4.98 Å². The van der Waals surface area contributed by atoms with E-state index in [4.69, 9.17) is 16.3 Å². The Kier molecular flexibility index (Phi) is 6.09. The van der Waals surface area contributed by atoms with Crippen molar-refractivity contribution in [2.75, 3.05) is 17.2 Å². The molecule has 31 heavy (non-hydrogen) atoms. The zero-order chi connectivity index (χ0) is 22.0. The Labute approximate surface area is 187 Å². The van der Waals surface area contributed by atoms with E-state index in [1.165, 1.54) is 0 Å². The molecule has 1 aromatic heterocycles. The summed E-state index contributed by atoms with van der Waals surface area (Å²) in [5, 5.41) is 7.23. The van der Waals surface area contributed by atoms with E-state index in [1.807, 2.05) is 56.3 Å². The van der Waals surface area contributed by atoms with Gasteiger partial charge in [0, 0.05) is 22.8 Å². The molecule has 1 unspecified atom stereocenters. The van der Waals surface area contributed by atoms with E-state index in [-0.39, 0.29) is 11.7 Å². The van der Waals surface area contributed by atoms with Gasteiger partial charge in [-0.25, -0.2) is 4.98 Å². The maximum absolute atomic E-state index is 12.8. The Hall–Kier alpha value is -3.12. The smallest absolute Gasteiger partial charge is 0.229 e. The van der Waals surface area contributed by atoms with Crippen molar-refractivity contribution in [3.63, 3.8) is 0 Å². The summed E-state index contributed by atoms with van der Waals surface area (Å²) in [7, 11) is 0. The first-order valence-corrected chi connectivity index (χ1v) is 10.8. The topological polar surface area (TPSA) is 76.1 Å². The second kappa shape index (κ2) is 8.94. The number of halogens is 1. The fourth-order valence-corrected chi connectivity index (χ4v) is 3.89. The van der Waals surface area contributed by atoms with Gasteiger partial charge in [0.2, 0.25) is 5.95 Å². The summed E-state index contributed by atoms with van der Waals surface area (Å²) in [6.45, 7) is 6.56. The molecular weight excluding hydrogens is 412 g/mol. The van der Waals surface area contributed by atoms with E-state index >= 15 is 0 Å². The molecule has 6 nitrogen and oxygen atoms in total. The van der Waals surface area contributed by atoms with Crippen molar-refractivity contribution in [1.29, 1.82) is 0 Å². The summed E-state index contributed by atoms with van der Waals surface area (Å²) in [5.41, 5.74) is 3.87. The number of hydrogen-bond acceptors (Lipinski definition) is 6. The molecule has 0 fully saturated rings. The molecular formula is C24H25ClN4O2. The standard InChI is InChI=1S/C24H25ClN4O2/c1-4-31-17-10-8-16(9-11-17)26-24-28-20-12-14(2)13-21(30)22(20)23(29-24)27-19-7-5-6-18(25)15(19)3/h5-11,14H,4,12-13H2,1-3H3,(H2,26,27,28,29). The van der Waals surface area contributed by atoms with Crippen LogP contribution in [0.5, 0.6) is 5.75 Å². The number of anilines is 4. The number of hydrogen-bond donors (Lipinski definition) is 2. The van der Waals surface area contributed by atoms with Crippen LogP contribution in [0.15, 0.2) is 42.5 Å². The number of fused-ring (bicyclic) bond motifs is 1. The average molecular weight is 437 g/mol. The van der Waals surface area contributed by atoms with Crippen LogP contribution >= 0.6 is 11.6 Å². The second-order valence-corrected chi connectivity index (χ2v) is 8.18. The number of benzene rings is 2. The molecule has 1 aliphatic carbocycles. The van der Waals surface area contributed by atoms with E-state index in [0.29, 0.717) is 35.4 Å². The molecule has 0 aliphatic heterocycles. The number of Topliss-reactive ketones (excluding diaryl/α,β-unsaturated/α-hetero) is 1. The molecule has 160 valence electrons. The van der Waals surface area contributed by atoms with Crippen molar-refractivity contribution in [3.05, 3.63) is 64.3 Å². The van der Waals surface area contributed by atoms with Gasteiger partial charge in [0.05, 0.1) is 17.9 Å². The lowest BCUT2D eigenvalue weighted by molar-refractivity contribution is 0.0952. The summed E-state index contributed by atoms with van der Waals surface area (Å²) in [4.78, 5) is 22.2. The van der Waals surface area contributed by atoms with E-state index in [9.17, 15) is 4.79 Å². The first kappa shape index (κ1) is 21.1. The SMILES string of the molecule is CCOc1ccc(Nc2nc3c(c(Nc4cccc(Cl)c4C)n2)C(=O)CC(C)C3)cc1. The molecule has 0 saturated heterocycles. The molecule has 0 spiro atoms. The van der Waals surface area contributed by atoms with Crippen LogP contribution < -0.4 is 15.4 Å². The lowest BCUT2D eigenvalue weighted by atomic mass is 9.87. The Morgan fingerprint density at radius 1 is 1.10 bits per heavy atom. The molecule has 0 amide bonds. The highest BCUT2D eigenvalue weighted by molar-refractivity contribution is 6.31. The van der Waals surface area contributed by atoms with Crippen molar-refractivity contribution in [1.82, 2.24) is 9.97 Å². The van der Waals surface area contributed by atoms with Crippen LogP contribution in [0.25, 0.3) is 0 Å². The van der Waals surface area contributed by atoms with Crippen LogP contribution in [0.1, 0.15) is 41.9 Å². The van der Waals surface area contributed by atoms with Gasteiger partial charge in [0.1, 0.15) is 11.6 Å². The van der Waals surface area contributed by atoms with Crippen molar-refractivity contribution < 1.29 is 9.53 Å². The number of carbonyl (C=O) groups is 1. The first-order chi connectivity index (χ1) is 14.9. The van der Waals surface area contributed by atoms with Crippen LogP contribution in [0.4, 0.5) is 23.1 Å². The lowest BCUT2D eigenvalue weighted by Gasteiger charge is -2.23. The van der Waals surface area contributed by atoms with Gasteiger partial charge in [-0.15, -0.1) is 0 Å². The van der Waals surface area contributed by atoms with Crippen LogP contribution in [-0.4, -0.2) is 22.4 Å².